The molecular formula is C15H10BrF2N3. The fraction of sp³-hybridized carbons (Fsp3) is 0. The number of nitrogens with one attached hydrogen (secondary N) is 1. The molecule has 0 spiro atoms. The molecule has 0 amide bonds. The molecule has 106 valence electrons. The number of hydrogen-bond donors (Lipinski definition) is 2. The molecule has 0 saturated carbocycles. The maximum atomic E-state index is 14.1. The monoisotopic (exact) mass is 349 g/mol. The Labute approximate surface area is 127 Å². The Kier molecular flexibility index (Phi) is 3.47. The van der Waals surface area contributed by atoms with Crippen LogP contribution < -0.4 is 5.73 Å². The molecule has 0 unspecified atom stereocenters. The van der Waals surface area contributed by atoms with E-state index in [9.17, 15) is 8.78 Å². The van der Waals surface area contributed by atoms with E-state index in [1.54, 1.807) is 30.3 Å². The first kappa shape index (κ1) is 13.8. The van der Waals surface area contributed by atoms with E-state index in [4.69, 9.17) is 5.73 Å². The van der Waals surface area contributed by atoms with Crippen molar-refractivity contribution < 1.29 is 8.78 Å². The van der Waals surface area contributed by atoms with Gasteiger partial charge in [0.15, 0.2) is 5.82 Å². The standard InChI is InChI=1S/C15H10BrF2N3/c16-9-5-3-7-11(18)13(9)14-12(15(19)21-20-14)8-4-1-2-6-10(8)17/h1-7H,(H3,19,20,21). The highest BCUT2D eigenvalue weighted by Crippen LogP contribution is 2.39. The summed E-state index contributed by atoms with van der Waals surface area (Å²) in [5.74, 6) is -0.782. The van der Waals surface area contributed by atoms with Gasteiger partial charge in [0.05, 0.1) is 16.8 Å². The maximum absolute atomic E-state index is 14.1. The third-order valence-corrected chi connectivity index (χ3v) is 3.81. The van der Waals surface area contributed by atoms with Gasteiger partial charge in [-0.1, -0.05) is 24.3 Å². The molecule has 3 rings (SSSR count). The molecule has 3 N–H and O–H groups in total. The summed E-state index contributed by atoms with van der Waals surface area (Å²) in [4.78, 5) is 0. The summed E-state index contributed by atoms with van der Waals surface area (Å²) in [7, 11) is 0. The number of hydrogen-bond acceptors (Lipinski definition) is 2. The second-order valence-electron chi connectivity index (χ2n) is 4.44. The zero-order valence-electron chi connectivity index (χ0n) is 10.7. The van der Waals surface area contributed by atoms with E-state index in [1.807, 2.05) is 0 Å². The van der Waals surface area contributed by atoms with Crippen LogP contribution in [0.1, 0.15) is 0 Å². The molecule has 0 atom stereocenters. The third kappa shape index (κ3) is 2.31. The molecular weight excluding hydrogens is 340 g/mol. The summed E-state index contributed by atoms with van der Waals surface area (Å²) in [5.41, 5.74) is 7.05. The number of anilines is 1. The average Bonchev–Trinajstić information content (AvgIpc) is 2.81. The van der Waals surface area contributed by atoms with Crippen molar-refractivity contribution in [3.8, 4) is 22.4 Å². The SMILES string of the molecule is Nc1n[nH]c(-c2c(F)cccc2Br)c1-c1ccccc1F. The predicted molar refractivity (Wildman–Crippen MR) is 81.5 cm³/mol. The second kappa shape index (κ2) is 5.29. The van der Waals surface area contributed by atoms with Crippen LogP contribution >= 0.6 is 15.9 Å². The van der Waals surface area contributed by atoms with Gasteiger partial charge in [-0.2, -0.15) is 5.10 Å². The number of benzene rings is 2. The minimum Gasteiger partial charge on any atom is -0.382 e. The van der Waals surface area contributed by atoms with Crippen molar-refractivity contribution in [1.29, 1.82) is 0 Å². The smallest absolute Gasteiger partial charge is 0.153 e. The summed E-state index contributed by atoms with van der Waals surface area (Å²) in [6, 6.07) is 10.8. The van der Waals surface area contributed by atoms with E-state index in [1.165, 1.54) is 12.1 Å². The number of halogens is 3. The summed E-state index contributed by atoms with van der Waals surface area (Å²) in [6.07, 6.45) is 0. The Bertz CT molecular complexity index is 794. The van der Waals surface area contributed by atoms with Crippen LogP contribution in [0.25, 0.3) is 22.4 Å². The normalized spacial score (nSPS) is 10.8. The lowest BCUT2D eigenvalue weighted by Crippen LogP contribution is -1.93. The Morgan fingerprint density at radius 2 is 1.67 bits per heavy atom. The molecule has 0 saturated heterocycles. The van der Waals surface area contributed by atoms with Crippen molar-refractivity contribution in [3.05, 3.63) is 58.6 Å². The fourth-order valence-corrected chi connectivity index (χ4v) is 2.75. The Morgan fingerprint density at radius 3 is 2.38 bits per heavy atom. The van der Waals surface area contributed by atoms with Crippen LogP contribution in [0, 0.1) is 11.6 Å². The second-order valence-corrected chi connectivity index (χ2v) is 5.29. The van der Waals surface area contributed by atoms with Crippen LogP contribution in [0.4, 0.5) is 14.6 Å². The Hall–Kier alpha value is -2.21. The molecule has 0 aliphatic rings. The number of rotatable bonds is 2. The van der Waals surface area contributed by atoms with E-state index in [2.05, 4.69) is 26.1 Å². The summed E-state index contributed by atoms with van der Waals surface area (Å²) in [5, 5.41) is 6.58. The molecule has 2 aromatic carbocycles. The molecule has 0 radical (unpaired) electrons. The van der Waals surface area contributed by atoms with Gasteiger partial charge in [0.25, 0.3) is 0 Å². The number of nitrogen functional groups attached to an aromatic ring is 1. The van der Waals surface area contributed by atoms with E-state index in [0.717, 1.165) is 0 Å². The highest BCUT2D eigenvalue weighted by Gasteiger charge is 2.21. The highest BCUT2D eigenvalue weighted by atomic mass is 79.9. The lowest BCUT2D eigenvalue weighted by molar-refractivity contribution is 0.628. The fourth-order valence-electron chi connectivity index (χ4n) is 2.21. The Balaban J connectivity index is 2.31. The molecule has 1 heterocycles. The first-order valence-electron chi connectivity index (χ1n) is 6.12. The van der Waals surface area contributed by atoms with Gasteiger partial charge in [-0.25, -0.2) is 8.78 Å². The van der Waals surface area contributed by atoms with Crippen molar-refractivity contribution in [2.24, 2.45) is 0 Å². The maximum Gasteiger partial charge on any atom is 0.153 e. The molecule has 0 aliphatic heterocycles. The molecule has 21 heavy (non-hydrogen) atoms. The van der Waals surface area contributed by atoms with Gasteiger partial charge in [0, 0.05) is 10.0 Å². The van der Waals surface area contributed by atoms with Crippen LogP contribution in [0.15, 0.2) is 46.9 Å². The number of aromatic nitrogens is 2. The van der Waals surface area contributed by atoms with Crippen LogP contribution in [-0.2, 0) is 0 Å². The summed E-state index contributed by atoms with van der Waals surface area (Å²) < 4.78 is 28.7. The zero-order valence-corrected chi connectivity index (χ0v) is 12.3. The van der Waals surface area contributed by atoms with Gasteiger partial charge in [-0.05, 0) is 34.1 Å². The number of aromatic amines is 1. The van der Waals surface area contributed by atoms with Crippen LogP contribution in [0.5, 0.6) is 0 Å². The number of nitrogens with zero attached hydrogens (tertiary/aromatic N) is 1. The molecule has 0 bridgehead atoms. The quantitative estimate of drug-likeness (QED) is 0.721. The first-order chi connectivity index (χ1) is 10.1. The molecule has 3 nitrogen and oxygen atoms in total. The minimum atomic E-state index is -0.453. The lowest BCUT2D eigenvalue weighted by Gasteiger charge is -2.08. The zero-order chi connectivity index (χ0) is 15.0. The highest BCUT2D eigenvalue weighted by molar-refractivity contribution is 9.10. The van der Waals surface area contributed by atoms with Crippen molar-refractivity contribution in [2.45, 2.75) is 0 Å². The van der Waals surface area contributed by atoms with Crippen molar-refractivity contribution in [1.82, 2.24) is 10.2 Å². The Morgan fingerprint density at radius 1 is 0.952 bits per heavy atom. The van der Waals surface area contributed by atoms with E-state index < -0.39 is 11.6 Å². The number of nitrogens with two attached hydrogens (primary N) is 1. The largest absolute Gasteiger partial charge is 0.382 e. The molecule has 0 aliphatic carbocycles. The first-order valence-corrected chi connectivity index (χ1v) is 6.92. The molecule has 0 fully saturated rings. The number of H-pyrrole nitrogens is 1. The van der Waals surface area contributed by atoms with Gasteiger partial charge in [0.2, 0.25) is 0 Å². The van der Waals surface area contributed by atoms with Gasteiger partial charge < -0.3 is 5.73 Å². The van der Waals surface area contributed by atoms with Gasteiger partial charge in [-0.15, -0.1) is 0 Å². The van der Waals surface area contributed by atoms with E-state index in [-0.39, 0.29) is 16.9 Å². The molecule has 1 aromatic heterocycles. The topological polar surface area (TPSA) is 54.7 Å². The van der Waals surface area contributed by atoms with Crippen LogP contribution in [0.2, 0.25) is 0 Å². The summed E-state index contributed by atoms with van der Waals surface area (Å²) in [6.45, 7) is 0. The molecule has 3 aromatic rings. The van der Waals surface area contributed by atoms with Crippen LogP contribution in [0.3, 0.4) is 0 Å². The predicted octanol–water partition coefficient (Wildman–Crippen LogP) is 4.37. The average molecular weight is 350 g/mol. The van der Waals surface area contributed by atoms with E-state index >= 15 is 0 Å². The van der Waals surface area contributed by atoms with Gasteiger partial charge >= 0.3 is 0 Å². The van der Waals surface area contributed by atoms with Crippen molar-refractivity contribution in [3.63, 3.8) is 0 Å². The van der Waals surface area contributed by atoms with Crippen LogP contribution in [-0.4, -0.2) is 10.2 Å². The summed E-state index contributed by atoms with van der Waals surface area (Å²) >= 11 is 3.30. The van der Waals surface area contributed by atoms with Gasteiger partial charge in [-0.3, -0.25) is 5.10 Å². The third-order valence-electron chi connectivity index (χ3n) is 3.15. The molecule has 6 heteroatoms. The lowest BCUT2D eigenvalue weighted by atomic mass is 10.00. The van der Waals surface area contributed by atoms with Gasteiger partial charge in [0.1, 0.15) is 11.6 Å². The minimum absolute atomic E-state index is 0.116. The van der Waals surface area contributed by atoms with Crippen molar-refractivity contribution >= 4 is 21.7 Å². The van der Waals surface area contributed by atoms with Crippen molar-refractivity contribution in [2.75, 3.05) is 5.73 Å². The van der Waals surface area contributed by atoms with E-state index in [0.29, 0.717) is 15.7 Å².